The highest BCUT2D eigenvalue weighted by molar-refractivity contribution is 7.09. The van der Waals surface area contributed by atoms with Crippen LogP contribution in [0, 0.1) is 5.82 Å². The molecule has 0 aliphatic rings. The monoisotopic (exact) mass is 307 g/mol. The summed E-state index contributed by atoms with van der Waals surface area (Å²) in [5.74, 6) is 0.220. The van der Waals surface area contributed by atoms with Crippen molar-refractivity contribution in [2.24, 2.45) is 0 Å². The van der Waals surface area contributed by atoms with Crippen molar-refractivity contribution in [3.63, 3.8) is 0 Å². The summed E-state index contributed by atoms with van der Waals surface area (Å²) in [6.07, 6.45) is 1.69. The predicted octanol–water partition coefficient (Wildman–Crippen LogP) is 3.81. The number of thiophene rings is 1. The topological polar surface area (TPSA) is 28.2 Å². The number of pyridine rings is 1. The Morgan fingerprint density at radius 2 is 2.19 bits per heavy atom. The van der Waals surface area contributed by atoms with Crippen molar-refractivity contribution >= 4 is 17.2 Å². The lowest BCUT2D eigenvalue weighted by atomic mass is 10.2. The van der Waals surface area contributed by atoms with Crippen LogP contribution in [0.25, 0.3) is 0 Å². The van der Waals surface area contributed by atoms with E-state index in [-0.39, 0.29) is 11.9 Å². The van der Waals surface area contributed by atoms with E-state index in [0.29, 0.717) is 24.5 Å². The lowest BCUT2D eigenvalue weighted by molar-refractivity contribution is 0.566. The molecule has 5 heteroatoms. The zero-order valence-corrected chi connectivity index (χ0v) is 13.6. The van der Waals surface area contributed by atoms with E-state index < -0.39 is 0 Å². The first kappa shape index (κ1) is 15.9. The highest BCUT2D eigenvalue weighted by Gasteiger charge is 2.19. The van der Waals surface area contributed by atoms with Gasteiger partial charge >= 0.3 is 0 Å². The van der Waals surface area contributed by atoms with E-state index in [1.54, 1.807) is 23.6 Å². The second-order valence-corrected chi connectivity index (χ2v) is 6.22. The molecule has 0 aromatic carbocycles. The highest BCUT2D eigenvalue weighted by atomic mass is 32.1. The summed E-state index contributed by atoms with van der Waals surface area (Å²) in [6.45, 7) is 8.17. The fourth-order valence-corrected chi connectivity index (χ4v) is 2.84. The minimum absolute atomic E-state index is 0.184. The van der Waals surface area contributed by atoms with Gasteiger partial charge in [0, 0.05) is 29.2 Å². The number of anilines is 1. The van der Waals surface area contributed by atoms with Crippen LogP contribution < -0.4 is 10.2 Å². The van der Waals surface area contributed by atoms with Gasteiger partial charge in [0.05, 0.1) is 6.54 Å². The fraction of sp³-hybridized carbons (Fsp3) is 0.438. The first-order valence-corrected chi connectivity index (χ1v) is 8.14. The summed E-state index contributed by atoms with van der Waals surface area (Å²) >= 11 is 1.68. The quantitative estimate of drug-likeness (QED) is 0.843. The maximum absolute atomic E-state index is 14.7. The zero-order chi connectivity index (χ0) is 15.2. The Morgan fingerprint density at radius 1 is 1.38 bits per heavy atom. The van der Waals surface area contributed by atoms with Gasteiger partial charge in [-0.15, -0.1) is 11.3 Å². The van der Waals surface area contributed by atoms with Gasteiger partial charge in [0.1, 0.15) is 0 Å². The van der Waals surface area contributed by atoms with Crippen molar-refractivity contribution in [1.29, 1.82) is 0 Å². The average Bonchev–Trinajstić information content (AvgIpc) is 2.97. The van der Waals surface area contributed by atoms with Crippen LogP contribution in [0.2, 0.25) is 0 Å². The van der Waals surface area contributed by atoms with Crippen LogP contribution in [0.3, 0.4) is 0 Å². The van der Waals surface area contributed by atoms with Gasteiger partial charge in [-0.3, -0.25) is 0 Å². The van der Waals surface area contributed by atoms with Gasteiger partial charge in [-0.25, -0.2) is 9.37 Å². The third-order valence-electron chi connectivity index (χ3n) is 3.32. The van der Waals surface area contributed by atoms with Gasteiger partial charge < -0.3 is 10.2 Å². The van der Waals surface area contributed by atoms with Crippen LogP contribution in [-0.4, -0.2) is 17.6 Å². The molecule has 1 N–H and O–H groups in total. The molecule has 0 aliphatic carbocycles. The molecule has 114 valence electrons. The normalized spacial score (nSPS) is 11.1. The fourth-order valence-electron chi connectivity index (χ4n) is 2.14. The lowest BCUT2D eigenvalue weighted by Gasteiger charge is -2.28. The van der Waals surface area contributed by atoms with Gasteiger partial charge in [-0.2, -0.15) is 0 Å². The summed E-state index contributed by atoms with van der Waals surface area (Å²) in [6, 6.07) is 6.01. The summed E-state index contributed by atoms with van der Waals surface area (Å²) in [5, 5.41) is 5.20. The largest absolute Gasteiger partial charge is 0.347 e. The molecule has 0 spiro atoms. The molecular formula is C16H22FN3S. The standard InChI is InChI=1S/C16H22FN3S/c1-4-18-10-13-7-8-19-16(15(13)17)20(12(2)3)11-14-6-5-9-21-14/h5-9,12,18H,4,10-11H2,1-3H3. The summed E-state index contributed by atoms with van der Waals surface area (Å²) < 4.78 is 14.7. The molecule has 2 aromatic heterocycles. The van der Waals surface area contributed by atoms with E-state index in [1.165, 1.54) is 4.88 Å². The number of hydrogen-bond donors (Lipinski definition) is 1. The summed E-state index contributed by atoms with van der Waals surface area (Å²) in [4.78, 5) is 7.50. The van der Waals surface area contributed by atoms with E-state index in [9.17, 15) is 4.39 Å². The Kier molecular flexibility index (Phi) is 5.70. The van der Waals surface area contributed by atoms with Crippen molar-refractivity contribution in [3.05, 3.63) is 46.0 Å². The van der Waals surface area contributed by atoms with Crippen LogP contribution in [-0.2, 0) is 13.1 Å². The predicted molar refractivity (Wildman–Crippen MR) is 87.2 cm³/mol. The Balaban J connectivity index is 2.27. The van der Waals surface area contributed by atoms with Crippen LogP contribution in [0.4, 0.5) is 10.2 Å². The molecule has 2 heterocycles. The molecule has 0 fully saturated rings. The number of halogens is 1. The SMILES string of the molecule is CCNCc1ccnc(N(Cc2cccs2)C(C)C)c1F. The Bertz CT molecular complexity index is 555. The van der Waals surface area contributed by atoms with E-state index in [1.807, 2.05) is 23.3 Å². The third-order valence-corrected chi connectivity index (χ3v) is 4.18. The van der Waals surface area contributed by atoms with Gasteiger partial charge in [-0.1, -0.05) is 13.0 Å². The molecule has 0 unspecified atom stereocenters. The molecule has 0 bridgehead atoms. The lowest BCUT2D eigenvalue weighted by Crippen LogP contribution is -2.32. The van der Waals surface area contributed by atoms with Gasteiger partial charge in [0.15, 0.2) is 11.6 Å². The second-order valence-electron chi connectivity index (χ2n) is 5.19. The van der Waals surface area contributed by atoms with Crippen molar-refractivity contribution in [2.75, 3.05) is 11.4 Å². The van der Waals surface area contributed by atoms with E-state index in [4.69, 9.17) is 0 Å². The first-order valence-electron chi connectivity index (χ1n) is 7.26. The number of nitrogens with one attached hydrogen (secondary N) is 1. The molecule has 0 amide bonds. The first-order chi connectivity index (χ1) is 10.1. The molecule has 2 aromatic rings. The van der Waals surface area contributed by atoms with E-state index in [0.717, 1.165) is 6.54 Å². The van der Waals surface area contributed by atoms with Crippen molar-refractivity contribution in [1.82, 2.24) is 10.3 Å². The summed E-state index contributed by atoms with van der Waals surface area (Å²) in [5.41, 5.74) is 0.665. The Hall–Kier alpha value is -1.46. The number of aromatic nitrogens is 1. The molecule has 0 radical (unpaired) electrons. The zero-order valence-electron chi connectivity index (χ0n) is 12.8. The number of nitrogens with zero attached hydrogens (tertiary/aromatic N) is 2. The van der Waals surface area contributed by atoms with E-state index in [2.05, 4.69) is 30.2 Å². The molecule has 0 saturated heterocycles. The number of hydrogen-bond acceptors (Lipinski definition) is 4. The highest BCUT2D eigenvalue weighted by Crippen LogP contribution is 2.24. The second kappa shape index (κ2) is 7.52. The maximum Gasteiger partial charge on any atom is 0.170 e. The molecule has 0 aliphatic heterocycles. The smallest absolute Gasteiger partial charge is 0.170 e. The molecule has 2 rings (SSSR count). The number of rotatable bonds is 7. The van der Waals surface area contributed by atoms with Crippen LogP contribution >= 0.6 is 11.3 Å². The minimum atomic E-state index is -0.219. The maximum atomic E-state index is 14.7. The molecule has 0 saturated carbocycles. The van der Waals surface area contributed by atoms with Crippen LogP contribution in [0.1, 0.15) is 31.2 Å². The van der Waals surface area contributed by atoms with Crippen molar-refractivity contribution in [3.8, 4) is 0 Å². The van der Waals surface area contributed by atoms with Crippen molar-refractivity contribution < 1.29 is 4.39 Å². The Labute approximate surface area is 129 Å². The van der Waals surface area contributed by atoms with Gasteiger partial charge in [-0.05, 0) is 37.9 Å². The molecule has 0 atom stereocenters. The Morgan fingerprint density at radius 3 is 2.81 bits per heavy atom. The van der Waals surface area contributed by atoms with Crippen molar-refractivity contribution in [2.45, 2.75) is 39.9 Å². The molecule has 3 nitrogen and oxygen atoms in total. The van der Waals surface area contributed by atoms with Gasteiger partial charge in [0.2, 0.25) is 0 Å². The van der Waals surface area contributed by atoms with Crippen LogP contribution in [0.5, 0.6) is 0 Å². The van der Waals surface area contributed by atoms with Gasteiger partial charge in [0.25, 0.3) is 0 Å². The third kappa shape index (κ3) is 4.02. The molecule has 21 heavy (non-hydrogen) atoms. The average molecular weight is 307 g/mol. The summed E-state index contributed by atoms with van der Waals surface area (Å²) in [7, 11) is 0. The molecular weight excluding hydrogens is 285 g/mol. The minimum Gasteiger partial charge on any atom is -0.347 e. The van der Waals surface area contributed by atoms with Crippen LogP contribution in [0.15, 0.2) is 29.8 Å². The van der Waals surface area contributed by atoms with E-state index >= 15 is 0 Å².